The maximum atomic E-state index is 9.82. The Balaban J connectivity index is 2.27. The third-order valence-electron chi connectivity index (χ3n) is 2.08. The number of phenolic OH excluding ortho intramolecular Hbond substituents is 1. The molecule has 0 atom stereocenters. The number of rotatable bonds is 3. The Morgan fingerprint density at radius 1 is 1.41 bits per heavy atom. The Bertz CT molecular complexity index is 551. The molecule has 2 rings (SSSR count). The van der Waals surface area contributed by atoms with Crippen LogP contribution in [0.5, 0.6) is 11.5 Å². The first kappa shape index (κ1) is 11.5. The lowest BCUT2D eigenvalue weighted by Crippen LogP contribution is -1.88. The predicted molar refractivity (Wildman–Crippen MR) is 66.6 cm³/mol. The summed E-state index contributed by atoms with van der Waals surface area (Å²) in [7, 11) is 1.50. The molecule has 0 aliphatic rings. The molecule has 0 spiro atoms. The number of aromatic hydroxyl groups is 1. The summed E-state index contributed by atoms with van der Waals surface area (Å²) in [6, 6.07) is 5.21. The fraction of sp³-hybridized carbons (Fsp3) is 0.182. The van der Waals surface area contributed by atoms with Gasteiger partial charge in [-0.1, -0.05) is 17.4 Å². The number of aromatic nitrogens is 2. The largest absolute Gasteiger partial charge is 0.504 e. The molecule has 0 aliphatic heterocycles. The van der Waals surface area contributed by atoms with E-state index in [2.05, 4.69) is 15.2 Å². The van der Waals surface area contributed by atoms with Crippen LogP contribution in [0.25, 0.3) is 0 Å². The molecule has 0 radical (unpaired) electrons. The summed E-state index contributed by atoms with van der Waals surface area (Å²) in [5, 5.41) is 19.0. The van der Waals surface area contributed by atoms with Crippen molar-refractivity contribution in [2.75, 3.05) is 7.11 Å². The fourth-order valence-electron chi connectivity index (χ4n) is 1.27. The van der Waals surface area contributed by atoms with Crippen LogP contribution in [-0.4, -0.2) is 28.6 Å². The number of aliphatic imine (C=N–C) groups is 1. The van der Waals surface area contributed by atoms with Gasteiger partial charge >= 0.3 is 0 Å². The van der Waals surface area contributed by atoms with Crippen LogP contribution in [0.1, 0.15) is 10.6 Å². The molecule has 0 bridgehead atoms. The number of ether oxygens (including phenoxy) is 1. The summed E-state index contributed by atoms with van der Waals surface area (Å²) in [5.74, 6) is 0.488. The zero-order chi connectivity index (χ0) is 12.3. The van der Waals surface area contributed by atoms with Crippen molar-refractivity contribution < 1.29 is 9.84 Å². The molecule has 0 amide bonds. The molecule has 1 aromatic carbocycles. The summed E-state index contributed by atoms with van der Waals surface area (Å²) in [6.07, 6.45) is 1.54. The summed E-state index contributed by atoms with van der Waals surface area (Å²) in [4.78, 5) is 4.14. The minimum Gasteiger partial charge on any atom is -0.504 e. The van der Waals surface area contributed by atoms with Crippen molar-refractivity contribution in [3.63, 3.8) is 0 Å². The van der Waals surface area contributed by atoms with Gasteiger partial charge in [0.2, 0.25) is 5.13 Å². The van der Waals surface area contributed by atoms with Crippen molar-refractivity contribution in [1.82, 2.24) is 10.2 Å². The SMILES string of the molecule is COc1cccc(/C=N/c2nnc(C)s2)c1O. The first-order valence-electron chi connectivity index (χ1n) is 4.91. The summed E-state index contributed by atoms with van der Waals surface area (Å²) < 4.78 is 5.00. The van der Waals surface area contributed by atoms with Gasteiger partial charge in [0.15, 0.2) is 11.5 Å². The van der Waals surface area contributed by atoms with E-state index in [1.165, 1.54) is 24.7 Å². The van der Waals surface area contributed by atoms with Crippen LogP contribution in [0.3, 0.4) is 0 Å². The molecule has 0 saturated carbocycles. The molecule has 5 nitrogen and oxygen atoms in total. The fourth-order valence-corrected chi connectivity index (χ4v) is 1.80. The molecule has 2 aromatic rings. The number of benzene rings is 1. The lowest BCUT2D eigenvalue weighted by Gasteiger charge is -2.04. The molecule has 17 heavy (non-hydrogen) atoms. The van der Waals surface area contributed by atoms with Gasteiger partial charge in [0.05, 0.1) is 7.11 Å². The highest BCUT2D eigenvalue weighted by atomic mass is 32.1. The van der Waals surface area contributed by atoms with Crippen LogP contribution in [0.2, 0.25) is 0 Å². The van der Waals surface area contributed by atoms with Crippen molar-refractivity contribution >= 4 is 22.7 Å². The zero-order valence-corrected chi connectivity index (χ0v) is 10.2. The minimum absolute atomic E-state index is 0.0694. The van der Waals surface area contributed by atoms with E-state index in [4.69, 9.17) is 4.74 Å². The number of nitrogens with zero attached hydrogens (tertiary/aromatic N) is 3. The first-order valence-corrected chi connectivity index (χ1v) is 5.72. The van der Waals surface area contributed by atoms with Crippen molar-refractivity contribution in [3.05, 3.63) is 28.8 Å². The van der Waals surface area contributed by atoms with Crippen LogP contribution in [0.4, 0.5) is 5.13 Å². The van der Waals surface area contributed by atoms with Gasteiger partial charge in [0, 0.05) is 11.8 Å². The van der Waals surface area contributed by atoms with Gasteiger partial charge in [-0.05, 0) is 19.1 Å². The van der Waals surface area contributed by atoms with Gasteiger partial charge in [0.25, 0.3) is 0 Å². The molecule has 0 unspecified atom stereocenters. The van der Waals surface area contributed by atoms with Crippen LogP contribution < -0.4 is 4.74 Å². The molecular formula is C11H11N3O2S. The van der Waals surface area contributed by atoms with Crippen molar-refractivity contribution in [1.29, 1.82) is 0 Å². The number of hydrogen-bond donors (Lipinski definition) is 1. The quantitative estimate of drug-likeness (QED) is 0.847. The third kappa shape index (κ3) is 2.59. The van der Waals surface area contributed by atoms with Crippen molar-refractivity contribution in [2.24, 2.45) is 4.99 Å². The number of phenols is 1. The van der Waals surface area contributed by atoms with Crippen LogP contribution in [-0.2, 0) is 0 Å². The van der Waals surface area contributed by atoms with Gasteiger partial charge in [0.1, 0.15) is 5.01 Å². The topological polar surface area (TPSA) is 67.6 Å². The maximum absolute atomic E-state index is 9.82. The van der Waals surface area contributed by atoms with Crippen LogP contribution in [0.15, 0.2) is 23.2 Å². The van der Waals surface area contributed by atoms with E-state index < -0.39 is 0 Å². The van der Waals surface area contributed by atoms with E-state index in [1.807, 2.05) is 6.92 Å². The maximum Gasteiger partial charge on any atom is 0.231 e. The summed E-state index contributed by atoms with van der Waals surface area (Å²) >= 11 is 1.39. The second kappa shape index (κ2) is 4.92. The van der Waals surface area contributed by atoms with E-state index >= 15 is 0 Å². The highest BCUT2D eigenvalue weighted by molar-refractivity contribution is 7.14. The Kier molecular flexibility index (Phi) is 3.34. The van der Waals surface area contributed by atoms with Gasteiger partial charge < -0.3 is 9.84 Å². The molecule has 0 aliphatic carbocycles. The monoisotopic (exact) mass is 249 g/mol. The van der Waals surface area contributed by atoms with Gasteiger partial charge in [-0.25, -0.2) is 4.99 Å². The molecule has 1 heterocycles. The molecule has 1 aromatic heterocycles. The first-order chi connectivity index (χ1) is 8.20. The Hall–Kier alpha value is -1.95. The van der Waals surface area contributed by atoms with Gasteiger partial charge in [-0.2, -0.15) is 0 Å². The van der Waals surface area contributed by atoms with Crippen molar-refractivity contribution in [2.45, 2.75) is 6.92 Å². The normalized spacial score (nSPS) is 10.9. The standard InChI is InChI=1S/C11H11N3O2S/c1-7-13-14-11(17-7)12-6-8-4-3-5-9(16-2)10(8)15/h3-6,15H,1-2H3/b12-6+. The average molecular weight is 249 g/mol. The predicted octanol–water partition coefficient (Wildman–Crippen LogP) is 2.31. The van der Waals surface area contributed by atoms with Gasteiger partial charge in [-0.3, -0.25) is 0 Å². The molecule has 1 N–H and O–H groups in total. The van der Waals surface area contributed by atoms with E-state index in [1.54, 1.807) is 18.2 Å². The second-order valence-corrected chi connectivity index (χ2v) is 4.42. The Morgan fingerprint density at radius 3 is 2.88 bits per heavy atom. The highest BCUT2D eigenvalue weighted by Crippen LogP contribution is 2.28. The smallest absolute Gasteiger partial charge is 0.231 e. The van der Waals surface area contributed by atoms with Crippen LogP contribution in [0, 0.1) is 6.92 Å². The summed E-state index contributed by atoms with van der Waals surface area (Å²) in [5.41, 5.74) is 0.581. The Morgan fingerprint density at radius 2 is 2.24 bits per heavy atom. The molecule has 88 valence electrons. The van der Waals surface area contributed by atoms with Crippen molar-refractivity contribution in [3.8, 4) is 11.5 Å². The summed E-state index contributed by atoms with van der Waals surface area (Å²) in [6.45, 7) is 1.86. The van der Waals surface area contributed by atoms with E-state index in [-0.39, 0.29) is 5.75 Å². The zero-order valence-electron chi connectivity index (χ0n) is 9.41. The minimum atomic E-state index is 0.0694. The average Bonchev–Trinajstić information content (AvgIpc) is 2.74. The van der Waals surface area contributed by atoms with Gasteiger partial charge in [-0.15, -0.1) is 10.2 Å². The Labute approximate surface area is 102 Å². The van der Waals surface area contributed by atoms with E-state index in [0.717, 1.165) is 5.01 Å². The number of hydrogen-bond acceptors (Lipinski definition) is 6. The molecular weight excluding hydrogens is 238 g/mol. The number of methoxy groups -OCH3 is 1. The molecule has 0 saturated heterocycles. The third-order valence-corrected chi connectivity index (χ3v) is 2.83. The lowest BCUT2D eigenvalue weighted by molar-refractivity contribution is 0.373. The van der Waals surface area contributed by atoms with Crippen LogP contribution >= 0.6 is 11.3 Å². The number of para-hydroxylation sites is 1. The lowest BCUT2D eigenvalue weighted by atomic mass is 10.2. The molecule has 6 heteroatoms. The van der Waals surface area contributed by atoms with E-state index in [0.29, 0.717) is 16.4 Å². The highest BCUT2D eigenvalue weighted by Gasteiger charge is 2.05. The molecule has 0 fully saturated rings. The number of aryl methyl sites for hydroxylation is 1. The van der Waals surface area contributed by atoms with E-state index in [9.17, 15) is 5.11 Å². The second-order valence-electron chi connectivity index (χ2n) is 3.26.